The number of hydrogen-bond acceptors (Lipinski definition) is 6. The summed E-state index contributed by atoms with van der Waals surface area (Å²) >= 11 is 0. The van der Waals surface area contributed by atoms with Crippen LogP contribution in [0.25, 0.3) is 0 Å². The molecule has 1 aliphatic rings. The number of piperidine rings is 1. The summed E-state index contributed by atoms with van der Waals surface area (Å²) in [5.74, 6) is -0.384. The van der Waals surface area contributed by atoms with E-state index in [1.165, 1.54) is 0 Å². The van der Waals surface area contributed by atoms with Gasteiger partial charge in [0.15, 0.2) is 0 Å². The van der Waals surface area contributed by atoms with E-state index in [-0.39, 0.29) is 23.5 Å². The smallest absolute Gasteiger partial charge is 0.312 e. The standard InChI is InChI=1S/C21H26N4O5/c1-4-30-21(27)18-9-11-23(12-10-18)20(26)17-7-5-16(6-8-17)13-24-15(3)19(25(28)29)14(2)22-24/h5-8,18H,4,9-13H2,1-3H3. The molecule has 160 valence electrons. The van der Waals surface area contributed by atoms with Crippen LogP contribution in [0.2, 0.25) is 0 Å². The van der Waals surface area contributed by atoms with Gasteiger partial charge in [-0.05, 0) is 51.3 Å². The number of carbonyl (C=O) groups is 2. The Morgan fingerprint density at radius 3 is 2.37 bits per heavy atom. The maximum Gasteiger partial charge on any atom is 0.312 e. The molecule has 1 aliphatic heterocycles. The summed E-state index contributed by atoms with van der Waals surface area (Å²) in [5, 5.41) is 15.4. The minimum Gasteiger partial charge on any atom is -0.466 e. The topological polar surface area (TPSA) is 108 Å². The fourth-order valence-electron chi connectivity index (χ4n) is 3.79. The highest BCUT2D eigenvalue weighted by molar-refractivity contribution is 5.94. The minimum absolute atomic E-state index is 0.0352. The summed E-state index contributed by atoms with van der Waals surface area (Å²) < 4.78 is 6.67. The first-order valence-electron chi connectivity index (χ1n) is 10.0. The Balaban J connectivity index is 1.62. The van der Waals surface area contributed by atoms with Gasteiger partial charge in [-0.1, -0.05) is 12.1 Å². The van der Waals surface area contributed by atoms with E-state index in [2.05, 4.69) is 5.10 Å². The molecule has 1 aromatic heterocycles. The van der Waals surface area contributed by atoms with Crippen molar-refractivity contribution in [2.45, 2.75) is 40.2 Å². The lowest BCUT2D eigenvalue weighted by molar-refractivity contribution is -0.386. The monoisotopic (exact) mass is 414 g/mol. The zero-order chi connectivity index (χ0) is 21.8. The van der Waals surface area contributed by atoms with Crippen LogP contribution in [0.4, 0.5) is 5.69 Å². The van der Waals surface area contributed by atoms with Crippen molar-refractivity contribution in [3.63, 3.8) is 0 Å². The average molecular weight is 414 g/mol. The lowest BCUT2D eigenvalue weighted by Gasteiger charge is -2.31. The van der Waals surface area contributed by atoms with Crippen LogP contribution in [0.5, 0.6) is 0 Å². The molecule has 1 saturated heterocycles. The molecule has 0 N–H and O–H groups in total. The van der Waals surface area contributed by atoms with Gasteiger partial charge in [-0.2, -0.15) is 5.10 Å². The van der Waals surface area contributed by atoms with E-state index in [0.717, 1.165) is 5.56 Å². The molecule has 3 rings (SSSR count). The average Bonchev–Trinajstić information content (AvgIpc) is 3.01. The summed E-state index contributed by atoms with van der Waals surface area (Å²) in [6.07, 6.45) is 1.22. The Morgan fingerprint density at radius 1 is 1.20 bits per heavy atom. The molecule has 30 heavy (non-hydrogen) atoms. The maximum absolute atomic E-state index is 12.8. The van der Waals surface area contributed by atoms with E-state index in [1.807, 2.05) is 12.1 Å². The second-order valence-electron chi connectivity index (χ2n) is 7.45. The predicted octanol–water partition coefficient (Wildman–Crippen LogP) is 2.87. The first kappa shape index (κ1) is 21.5. The van der Waals surface area contributed by atoms with E-state index in [9.17, 15) is 19.7 Å². The SMILES string of the molecule is CCOC(=O)C1CCN(C(=O)c2ccc(Cn3nc(C)c([N+](=O)[O-])c3C)cc2)CC1. The number of nitro groups is 1. The first-order valence-corrected chi connectivity index (χ1v) is 10.0. The van der Waals surface area contributed by atoms with Crippen LogP contribution in [0.15, 0.2) is 24.3 Å². The Labute approximate surface area is 174 Å². The number of hydrogen-bond donors (Lipinski definition) is 0. The van der Waals surface area contributed by atoms with Crippen molar-refractivity contribution in [3.05, 3.63) is 56.9 Å². The highest BCUT2D eigenvalue weighted by Gasteiger charge is 2.28. The number of aryl methyl sites for hydroxylation is 1. The number of aromatic nitrogens is 2. The number of benzene rings is 1. The molecular weight excluding hydrogens is 388 g/mol. The molecule has 0 atom stereocenters. The Bertz CT molecular complexity index is 943. The van der Waals surface area contributed by atoms with Gasteiger partial charge in [0.1, 0.15) is 11.4 Å². The fourth-order valence-corrected chi connectivity index (χ4v) is 3.79. The van der Waals surface area contributed by atoms with Crippen LogP contribution in [0.3, 0.4) is 0 Å². The quantitative estimate of drug-likeness (QED) is 0.409. The van der Waals surface area contributed by atoms with Crippen LogP contribution < -0.4 is 0 Å². The van der Waals surface area contributed by atoms with Crippen molar-refractivity contribution in [2.24, 2.45) is 5.92 Å². The van der Waals surface area contributed by atoms with Gasteiger partial charge in [0.2, 0.25) is 0 Å². The van der Waals surface area contributed by atoms with E-state index >= 15 is 0 Å². The first-order chi connectivity index (χ1) is 14.3. The molecule has 0 unspecified atom stereocenters. The second kappa shape index (κ2) is 9.06. The highest BCUT2D eigenvalue weighted by Crippen LogP contribution is 2.23. The highest BCUT2D eigenvalue weighted by atomic mass is 16.6. The fraction of sp³-hybridized carbons (Fsp3) is 0.476. The lowest BCUT2D eigenvalue weighted by Crippen LogP contribution is -2.40. The molecular formula is C21H26N4O5. The molecule has 1 amide bonds. The minimum atomic E-state index is -0.416. The molecule has 0 spiro atoms. The van der Waals surface area contributed by atoms with Gasteiger partial charge in [-0.15, -0.1) is 0 Å². The van der Waals surface area contributed by atoms with E-state index in [0.29, 0.717) is 56.0 Å². The van der Waals surface area contributed by atoms with Gasteiger partial charge < -0.3 is 9.64 Å². The summed E-state index contributed by atoms with van der Waals surface area (Å²) in [5.41, 5.74) is 2.39. The molecule has 2 heterocycles. The molecule has 1 fully saturated rings. The van der Waals surface area contributed by atoms with Crippen molar-refractivity contribution < 1.29 is 19.2 Å². The largest absolute Gasteiger partial charge is 0.466 e. The van der Waals surface area contributed by atoms with Crippen LogP contribution in [-0.2, 0) is 16.1 Å². The van der Waals surface area contributed by atoms with Crippen molar-refractivity contribution in [1.29, 1.82) is 0 Å². The van der Waals surface area contributed by atoms with Crippen LogP contribution in [-0.4, -0.2) is 51.2 Å². The van der Waals surface area contributed by atoms with Gasteiger partial charge in [0, 0.05) is 18.7 Å². The molecule has 2 aromatic rings. The molecule has 9 nitrogen and oxygen atoms in total. The third-order valence-electron chi connectivity index (χ3n) is 5.46. The zero-order valence-corrected chi connectivity index (χ0v) is 17.5. The number of rotatable bonds is 6. The molecule has 0 saturated carbocycles. The van der Waals surface area contributed by atoms with Crippen molar-refractivity contribution in [3.8, 4) is 0 Å². The molecule has 0 radical (unpaired) electrons. The number of esters is 1. The number of likely N-dealkylation sites (tertiary alicyclic amines) is 1. The molecule has 1 aromatic carbocycles. The predicted molar refractivity (Wildman–Crippen MR) is 109 cm³/mol. The van der Waals surface area contributed by atoms with Crippen LogP contribution in [0.1, 0.15) is 47.1 Å². The van der Waals surface area contributed by atoms with E-state index in [1.54, 1.807) is 42.5 Å². The normalized spacial score (nSPS) is 14.6. The number of amides is 1. The number of carbonyl (C=O) groups excluding carboxylic acids is 2. The lowest BCUT2D eigenvalue weighted by atomic mass is 9.96. The molecule has 9 heteroatoms. The Kier molecular flexibility index (Phi) is 6.49. The Hall–Kier alpha value is -3.23. The number of nitrogens with zero attached hydrogens (tertiary/aromatic N) is 4. The number of ether oxygens (including phenoxy) is 1. The zero-order valence-electron chi connectivity index (χ0n) is 17.5. The maximum atomic E-state index is 12.8. The van der Waals surface area contributed by atoms with Crippen LogP contribution >= 0.6 is 0 Å². The Morgan fingerprint density at radius 2 is 1.83 bits per heavy atom. The van der Waals surface area contributed by atoms with Crippen molar-refractivity contribution >= 4 is 17.6 Å². The van der Waals surface area contributed by atoms with Crippen molar-refractivity contribution in [1.82, 2.24) is 14.7 Å². The van der Waals surface area contributed by atoms with Crippen LogP contribution in [0, 0.1) is 29.9 Å². The van der Waals surface area contributed by atoms with Gasteiger partial charge >= 0.3 is 11.7 Å². The summed E-state index contributed by atoms with van der Waals surface area (Å²) in [4.78, 5) is 37.1. The van der Waals surface area contributed by atoms with E-state index in [4.69, 9.17) is 4.74 Å². The summed E-state index contributed by atoms with van der Waals surface area (Å²) in [7, 11) is 0. The van der Waals surface area contributed by atoms with Gasteiger partial charge in [-0.3, -0.25) is 24.4 Å². The summed E-state index contributed by atoms with van der Waals surface area (Å²) in [6, 6.07) is 7.19. The van der Waals surface area contributed by atoms with Gasteiger partial charge in [-0.25, -0.2) is 0 Å². The third-order valence-corrected chi connectivity index (χ3v) is 5.46. The van der Waals surface area contributed by atoms with Crippen molar-refractivity contribution in [2.75, 3.05) is 19.7 Å². The van der Waals surface area contributed by atoms with Gasteiger partial charge in [0.25, 0.3) is 5.91 Å². The molecule has 0 bridgehead atoms. The third kappa shape index (κ3) is 4.50. The van der Waals surface area contributed by atoms with Gasteiger partial charge in [0.05, 0.1) is 24.0 Å². The molecule has 0 aliphatic carbocycles. The summed E-state index contributed by atoms with van der Waals surface area (Å²) in [6.45, 7) is 6.90. The van der Waals surface area contributed by atoms with E-state index < -0.39 is 4.92 Å². The second-order valence-corrected chi connectivity index (χ2v) is 7.45.